The van der Waals surface area contributed by atoms with Crippen LogP contribution in [0.2, 0.25) is 0 Å². The van der Waals surface area contributed by atoms with Gasteiger partial charge in [-0.1, -0.05) is 6.92 Å². The van der Waals surface area contributed by atoms with Crippen LogP contribution in [0.1, 0.15) is 38.3 Å². The van der Waals surface area contributed by atoms with Crippen LogP contribution in [0.5, 0.6) is 0 Å². The van der Waals surface area contributed by atoms with E-state index in [9.17, 15) is 14.7 Å². The highest BCUT2D eigenvalue weighted by molar-refractivity contribution is 5.83. The zero-order valence-electron chi connectivity index (χ0n) is 11.5. The summed E-state index contributed by atoms with van der Waals surface area (Å²) in [6, 6.07) is -1.39. The normalized spacial score (nSPS) is 17.9. The van der Waals surface area contributed by atoms with Crippen molar-refractivity contribution in [1.29, 1.82) is 0 Å². The summed E-state index contributed by atoms with van der Waals surface area (Å²) in [5.74, 6) is -1.06. The lowest BCUT2D eigenvalue weighted by Gasteiger charge is -2.42. The number of aromatic nitrogens is 2. The molecule has 0 saturated heterocycles. The summed E-state index contributed by atoms with van der Waals surface area (Å²) in [6.07, 6.45) is 7.08. The number of hydrogen-bond acceptors (Lipinski definition) is 3. The SMILES string of the molecule is CCC1(NC(=O)N[C@@H](Cc2cnc[nH]2)C(=O)O)CCC1. The van der Waals surface area contributed by atoms with Gasteiger partial charge in [0.05, 0.1) is 6.33 Å². The smallest absolute Gasteiger partial charge is 0.326 e. The summed E-state index contributed by atoms with van der Waals surface area (Å²) >= 11 is 0. The Bertz CT molecular complexity index is 462. The van der Waals surface area contributed by atoms with Gasteiger partial charge in [-0.3, -0.25) is 0 Å². The number of rotatable bonds is 6. The molecule has 4 N–H and O–H groups in total. The monoisotopic (exact) mass is 280 g/mol. The maximum atomic E-state index is 11.9. The zero-order chi connectivity index (χ0) is 14.6. The van der Waals surface area contributed by atoms with Crippen LogP contribution in [0.25, 0.3) is 0 Å². The van der Waals surface area contributed by atoms with Crippen molar-refractivity contribution in [3.05, 3.63) is 18.2 Å². The zero-order valence-corrected chi connectivity index (χ0v) is 11.5. The van der Waals surface area contributed by atoms with Crippen molar-refractivity contribution in [1.82, 2.24) is 20.6 Å². The molecule has 7 heteroatoms. The fourth-order valence-electron chi connectivity index (χ4n) is 2.42. The van der Waals surface area contributed by atoms with E-state index < -0.39 is 18.0 Å². The molecule has 1 saturated carbocycles. The van der Waals surface area contributed by atoms with Gasteiger partial charge < -0.3 is 20.7 Å². The summed E-state index contributed by atoms with van der Waals surface area (Å²) in [6.45, 7) is 2.03. The summed E-state index contributed by atoms with van der Waals surface area (Å²) in [7, 11) is 0. The fourth-order valence-corrected chi connectivity index (χ4v) is 2.42. The molecule has 1 aliphatic rings. The van der Waals surface area contributed by atoms with Gasteiger partial charge >= 0.3 is 12.0 Å². The first-order valence-corrected chi connectivity index (χ1v) is 6.83. The van der Waals surface area contributed by atoms with E-state index in [4.69, 9.17) is 0 Å². The molecule has 0 unspecified atom stereocenters. The molecule has 20 heavy (non-hydrogen) atoms. The molecular formula is C13H20N4O3. The van der Waals surface area contributed by atoms with Crippen molar-refractivity contribution in [3.8, 4) is 0 Å². The van der Waals surface area contributed by atoms with Crippen molar-refractivity contribution in [3.63, 3.8) is 0 Å². The second kappa shape index (κ2) is 5.94. The number of nitrogens with one attached hydrogen (secondary N) is 3. The molecule has 110 valence electrons. The number of carboxylic acids is 1. The van der Waals surface area contributed by atoms with E-state index in [2.05, 4.69) is 20.6 Å². The predicted molar refractivity (Wildman–Crippen MR) is 72.3 cm³/mol. The molecule has 2 rings (SSSR count). The largest absolute Gasteiger partial charge is 0.480 e. The molecule has 0 radical (unpaired) electrons. The Balaban J connectivity index is 1.90. The van der Waals surface area contributed by atoms with E-state index in [1.165, 1.54) is 6.33 Å². The molecule has 2 amide bonds. The standard InChI is InChI=1S/C13H20N4O3/c1-2-13(4-3-5-13)17-12(20)16-10(11(18)19)6-9-7-14-8-15-9/h7-8,10H,2-6H2,1H3,(H,14,15)(H,18,19)(H2,16,17,20)/t10-/m0/s1. The quantitative estimate of drug-likeness (QED) is 0.624. The highest BCUT2D eigenvalue weighted by Crippen LogP contribution is 2.34. The molecule has 1 heterocycles. The number of nitrogens with zero attached hydrogens (tertiary/aromatic N) is 1. The molecule has 1 fully saturated rings. The van der Waals surface area contributed by atoms with E-state index in [0.29, 0.717) is 5.69 Å². The molecular weight excluding hydrogens is 260 g/mol. The molecule has 0 aliphatic heterocycles. The van der Waals surface area contributed by atoms with E-state index in [1.807, 2.05) is 6.92 Å². The van der Waals surface area contributed by atoms with Crippen molar-refractivity contribution < 1.29 is 14.7 Å². The summed E-state index contributed by atoms with van der Waals surface area (Å²) in [5, 5.41) is 14.6. The van der Waals surface area contributed by atoms with E-state index in [1.54, 1.807) is 6.20 Å². The third kappa shape index (κ3) is 3.28. The molecule has 0 spiro atoms. The fraction of sp³-hybridized carbons (Fsp3) is 0.615. The molecule has 1 atom stereocenters. The van der Waals surface area contributed by atoms with Gasteiger partial charge in [0, 0.05) is 23.9 Å². The maximum absolute atomic E-state index is 11.9. The first-order valence-electron chi connectivity index (χ1n) is 6.83. The lowest BCUT2D eigenvalue weighted by Crippen LogP contribution is -2.58. The van der Waals surface area contributed by atoms with E-state index >= 15 is 0 Å². The van der Waals surface area contributed by atoms with E-state index in [-0.39, 0.29) is 12.0 Å². The number of urea groups is 1. The maximum Gasteiger partial charge on any atom is 0.326 e. The average molecular weight is 280 g/mol. The minimum Gasteiger partial charge on any atom is -0.480 e. The lowest BCUT2D eigenvalue weighted by atomic mass is 9.75. The second-order valence-electron chi connectivity index (χ2n) is 5.26. The van der Waals surface area contributed by atoms with Gasteiger partial charge in [-0.25, -0.2) is 14.6 Å². The third-order valence-electron chi connectivity index (χ3n) is 3.95. The minimum atomic E-state index is -1.06. The average Bonchev–Trinajstić information content (AvgIpc) is 2.86. The summed E-state index contributed by atoms with van der Waals surface area (Å²) in [4.78, 5) is 29.8. The second-order valence-corrected chi connectivity index (χ2v) is 5.26. The molecule has 1 aromatic rings. The molecule has 1 aromatic heterocycles. The topological polar surface area (TPSA) is 107 Å². The summed E-state index contributed by atoms with van der Waals surface area (Å²) < 4.78 is 0. The Kier molecular flexibility index (Phi) is 4.26. The number of amides is 2. The Morgan fingerprint density at radius 1 is 1.55 bits per heavy atom. The number of H-pyrrole nitrogens is 1. The van der Waals surface area contributed by atoms with Crippen molar-refractivity contribution >= 4 is 12.0 Å². The number of carboxylic acid groups (broad SMARTS) is 1. The first kappa shape index (κ1) is 14.4. The van der Waals surface area contributed by atoms with Crippen LogP contribution in [0.4, 0.5) is 4.79 Å². The number of imidazole rings is 1. The molecule has 0 aromatic carbocycles. The van der Waals surface area contributed by atoms with Crippen molar-refractivity contribution in [2.75, 3.05) is 0 Å². The molecule has 0 bridgehead atoms. The van der Waals surface area contributed by atoms with Crippen LogP contribution in [0, 0.1) is 0 Å². The van der Waals surface area contributed by atoms with Crippen LogP contribution in [-0.2, 0) is 11.2 Å². The number of hydrogen-bond donors (Lipinski definition) is 4. The van der Waals surface area contributed by atoms with Gasteiger partial charge in [0.25, 0.3) is 0 Å². The van der Waals surface area contributed by atoms with Crippen LogP contribution < -0.4 is 10.6 Å². The predicted octanol–water partition coefficient (Wildman–Crippen LogP) is 1.04. The Morgan fingerprint density at radius 2 is 2.30 bits per heavy atom. The van der Waals surface area contributed by atoms with Gasteiger partial charge in [0.1, 0.15) is 6.04 Å². The van der Waals surface area contributed by atoms with Gasteiger partial charge in [0.2, 0.25) is 0 Å². The number of carbonyl (C=O) groups excluding carboxylic acids is 1. The van der Waals surface area contributed by atoms with Crippen LogP contribution in [-0.4, -0.2) is 38.7 Å². The van der Waals surface area contributed by atoms with E-state index in [0.717, 1.165) is 25.7 Å². The van der Waals surface area contributed by atoms with Gasteiger partial charge in [0.15, 0.2) is 0 Å². The van der Waals surface area contributed by atoms with Crippen LogP contribution in [0.15, 0.2) is 12.5 Å². The van der Waals surface area contributed by atoms with Crippen LogP contribution >= 0.6 is 0 Å². The first-order chi connectivity index (χ1) is 9.54. The van der Waals surface area contributed by atoms with Gasteiger partial charge in [-0.05, 0) is 25.7 Å². The highest BCUT2D eigenvalue weighted by Gasteiger charge is 2.37. The van der Waals surface area contributed by atoms with Crippen molar-refractivity contribution in [2.45, 2.75) is 50.6 Å². The molecule has 1 aliphatic carbocycles. The minimum absolute atomic E-state index is 0.152. The van der Waals surface area contributed by atoms with Gasteiger partial charge in [-0.15, -0.1) is 0 Å². The number of aliphatic carboxylic acids is 1. The Hall–Kier alpha value is -2.05. The number of carbonyl (C=O) groups is 2. The van der Waals surface area contributed by atoms with Crippen LogP contribution in [0.3, 0.4) is 0 Å². The Labute approximate surface area is 117 Å². The lowest BCUT2D eigenvalue weighted by molar-refractivity contribution is -0.139. The Morgan fingerprint density at radius 3 is 2.75 bits per heavy atom. The van der Waals surface area contributed by atoms with Gasteiger partial charge in [-0.2, -0.15) is 0 Å². The van der Waals surface area contributed by atoms with Crippen molar-refractivity contribution in [2.24, 2.45) is 0 Å². The number of aromatic amines is 1. The molecule has 7 nitrogen and oxygen atoms in total. The third-order valence-corrected chi connectivity index (χ3v) is 3.95. The highest BCUT2D eigenvalue weighted by atomic mass is 16.4. The summed E-state index contributed by atoms with van der Waals surface area (Å²) in [5.41, 5.74) is 0.521.